The van der Waals surface area contributed by atoms with Crippen LogP contribution < -0.4 is 10.2 Å². The van der Waals surface area contributed by atoms with Crippen LogP contribution in [0.15, 0.2) is 34.4 Å². The minimum absolute atomic E-state index is 0.0872. The number of halogens is 1. The highest BCUT2D eigenvalue weighted by molar-refractivity contribution is 9.11. The van der Waals surface area contributed by atoms with E-state index in [1.54, 1.807) is 60.0 Å². The first-order chi connectivity index (χ1) is 15.2. The summed E-state index contributed by atoms with van der Waals surface area (Å²) in [6.07, 6.45) is 5.81. The van der Waals surface area contributed by atoms with Crippen molar-refractivity contribution >= 4 is 50.7 Å². The van der Waals surface area contributed by atoms with Gasteiger partial charge in [0.15, 0.2) is 5.13 Å². The molecule has 2 aromatic heterocycles. The number of nitrogens with one attached hydrogen (secondary N) is 1. The van der Waals surface area contributed by atoms with E-state index in [0.29, 0.717) is 5.13 Å². The van der Waals surface area contributed by atoms with Crippen LogP contribution in [0, 0.1) is 6.92 Å². The van der Waals surface area contributed by atoms with Gasteiger partial charge in [-0.3, -0.25) is 9.88 Å². The van der Waals surface area contributed by atoms with Gasteiger partial charge >= 0.3 is 12.2 Å². The van der Waals surface area contributed by atoms with Gasteiger partial charge in [-0.1, -0.05) is 29.6 Å². The molecule has 0 aliphatic rings. The van der Waals surface area contributed by atoms with Crippen molar-refractivity contribution in [2.45, 2.75) is 65.7 Å². The molecule has 8 nitrogen and oxygen atoms in total. The van der Waals surface area contributed by atoms with Crippen LogP contribution in [0.4, 0.5) is 14.7 Å². The van der Waals surface area contributed by atoms with Crippen molar-refractivity contribution in [3.05, 3.63) is 45.6 Å². The highest BCUT2D eigenvalue weighted by atomic mass is 79.9. The molecule has 2 rings (SSSR count). The lowest BCUT2D eigenvalue weighted by Gasteiger charge is -2.28. The minimum Gasteiger partial charge on any atom is -0.444 e. The molecule has 0 radical (unpaired) electrons. The summed E-state index contributed by atoms with van der Waals surface area (Å²) in [5, 5.41) is 3.27. The monoisotopic (exact) mass is 538 g/mol. The first kappa shape index (κ1) is 26.8. The number of ether oxygens (including phenoxy) is 2. The number of carbonyl (C=O) groups excluding carboxylic acids is 2. The number of pyridine rings is 1. The zero-order valence-electron chi connectivity index (χ0n) is 20.0. The molecule has 33 heavy (non-hydrogen) atoms. The summed E-state index contributed by atoms with van der Waals surface area (Å²) in [5.74, 6) is 0. The number of thiazole rings is 1. The Balaban J connectivity index is 2.32. The molecule has 0 aliphatic carbocycles. The van der Waals surface area contributed by atoms with E-state index >= 15 is 0 Å². The van der Waals surface area contributed by atoms with E-state index in [1.165, 1.54) is 16.2 Å². The molecule has 0 saturated carbocycles. The molecule has 2 aromatic rings. The summed E-state index contributed by atoms with van der Waals surface area (Å²) in [5.41, 5.74) is 0.407. The van der Waals surface area contributed by atoms with Crippen molar-refractivity contribution in [1.29, 1.82) is 0 Å². The number of carbonyl (C=O) groups is 2. The first-order valence-corrected chi connectivity index (χ1v) is 12.0. The lowest BCUT2D eigenvalue weighted by atomic mass is 10.2. The van der Waals surface area contributed by atoms with Crippen LogP contribution in [0.25, 0.3) is 6.08 Å². The van der Waals surface area contributed by atoms with Gasteiger partial charge in [-0.2, -0.15) is 0 Å². The molecule has 0 saturated heterocycles. The maximum absolute atomic E-state index is 13.0. The number of hydrogen-bond acceptors (Lipinski definition) is 7. The lowest BCUT2D eigenvalue weighted by Crippen LogP contribution is -2.47. The summed E-state index contributed by atoms with van der Waals surface area (Å²) in [4.78, 5) is 35.5. The highest BCUT2D eigenvalue weighted by Crippen LogP contribution is 2.28. The van der Waals surface area contributed by atoms with Gasteiger partial charge in [0.05, 0.1) is 22.6 Å². The smallest absolute Gasteiger partial charge is 0.416 e. The van der Waals surface area contributed by atoms with E-state index in [2.05, 4.69) is 31.2 Å². The molecule has 180 valence electrons. The fourth-order valence-electron chi connectivity index (χ4n) is 2.53. The molecule has 1 unspecified atom stereocenters. The van der Waals surface area contributed by atoms with Gasteiger partial charge in [0.25, 0.3) is 0 Å². The predicted molar refractivity (Wildman–Crippen MR) is 135 cm³/mol. The Morgan fingerprint density at radius 3 is 2.30 bits per heavy atom. The average molecular weight is 539 g/mol. The van der Waals surface area contributed by atoms with Crippen LogP contribution in [0.1, 0.15) is 52.8 Å². The molecular weight excluding hydrogens is 508 g/mol. The van der Waals surface area contributed by atoms with Crippen molar-refractivity contribution < 1.29 is 19.1 Å². The third kappa shape index (κ3) is 9.91. The number of hydrogen-bond donors (Lipinski definition) is 1. The van der Waals surface area contributed by atoms with Gasteiger partial charge in [0.2, 0.25) is 0 Å². The summed E-state index contributed by atoms with van der Waals surface area (Å²) in [6.45, 7) is 12.7. The Bertz CT molecular complexity index is 978. The Morgan fingerprint density at radius 2 is 1.79 bits per heavy atom. The van der Waals surface area contributed by atoms with E-state index in [1.807, 2.05) is 25.1 Å². The second kappa shape index (κ2) is 11.1. The minimum atomic E-state index is -0.693. The molecule has 0 aromatic carbocycles. The Hall–Kier alpha value is -2.46. The lowest BCUT2D eigenvalue weighted by molar-refractivity contribution is 0.0498. The van der Waals surface area contributed by atoms with Crippen molar-refractivity contribution in [3.63, 3.8) is 0 Å². The number of nitrogens with zero attached hydrogens (tertiary/aromatic N) is 3. The Kier molecular flexibility index (Phi) is 9.02. The van der Waals surface area contributed by atoms with E-state index in [9.17, 15) is 9.59 Å². The van der Waals surface area contributed by atoms with Crippen molar-refractivity contribution in [1.82, 2.24) is 15.3 Å². The SMILES string of the molecule is Cc1ccc(C=CC(CN(C(=O)OC(C)(C)C)c2ncc(Br)s2)NC(=O)OC(C)(C)C)cn1. The normalized spacial score (nSPS) is 13.0. The maximum atomic E-state index is 13.0. The number of alkyl carbamates (subject to hydrolysis) is 1. The largest absolute Gasteiger partial charge is 0.444 e. The fraction of sp³-hybridized carbons (Fsp3) is 0.478. The van der Waals surface area contributed by atoms with Crippen LogP contribution in [-0.2, 0) is 9.47 Å². The van der Waals surface area contributed by atoms with Gasteiger partial charge in [-0.25, -0.2) is 14.6 Å². The number of amides is 2. The number of anilines is 1. The fourth-order valence-corrected chi connectivity index (χ4v) is 3.71. The Morgan fingerprint density at radius 1 is 1.12 bits per heavy atom. The predicted octanol–water partition coefficient (Wildman–Crippen LogP) is 5.96. The van der Waals surface area contributed by atoms with E-state index in [-0.39, 0.29) is 6.54 Å². The number of rotatable bonds is 6. The van der Waals surface area contributed by atoms with Crippen LogP contribution in [0.2, 0.25) is 0 Å². The quantitative estimate of drug-likeness (QED) is 0.487. The van der Waals surface area contributed by atoms with Gasteiger partial charge in [-0.15, -0.1) is 0 Å². The van der Waals surface area contributed by atoms with Gasteiger partial charge in [-0.05, 0) is 76.0 Å². The topological polar surface area (TPSA) is 93.7 Å². The molecule has 2 heterocycles. The Labute approximate surface area is 207 Å². The molecule has 0 spiro atoms. The molecule has 0 fully saturated rings. The molecule has 2 amide bonds. The first-order valence-electron chi connectivity index (χ1n) is 10.4. The maximum Gasteiger partial charge on any atom is 0.416 e. The third-order valence-electron chi connectivity index (χ3n) is 3.85. The van der Waals surface area contributed by atoms with E-state index in [4.69, 9.17) is 9.47 Å². The number of aryl methyl sites for hydroxylation is 1. The second-order valence-electron chi connectivity index (χ2n) is 9.38. The van der Waals surface area contributed by atoms with E-state index in [0.717, 1.165) is 15.0 Å². The third-order valence-corrected chi connectivity index (χ3v) is 5.35. The van der Waals surface area contributed by atoms with Crippen LogP contribution in [0.3, 0.4) is 0 Å². The molecular formula is C23H31BrN4O4S. The summed E-state index contributed by atoms with van der Waals surface area (Å²) >= 11 is 4.67. The standard InChI is InChI=1S/C23H31BrN4O4S/c1-15-8-9-16(12-25-15)10-11-17(27-20(29)31-22(2,3)4)14-28(19-26-13-18(24)33-19)21(30)32-23(5,6)7/h8-13,17H,14H2,1-7H3,(H,27,29). The molecule has 1 N–H and O–H groups in total. The van der Waals surface area contributed by atoms with Gasteiger partial charge < -0.3 is 14.8 Å². The zero-order valence-corrected chi connectivity index (χ0v) is 22.4. The molecule has 0 aliphatic heterocycles. The van der Waals surface area contributed by atoms with Crippen LogP contribution >= 0.6 is 27.3 Å². The average Bonchev–Trinajstić information content (AvgIpc) is 3.08. The van der Waals surface area contributed by atoms with E-state index < -0.39 is 29.4 Å². The molecule has 0 bridgehead atoms. The highest BCUT2D eigenvalue weighted by Gasteiger charge is 2.28. The van der Waals surface area contributed by atoms with Crippen molar-refractivity contribution in [2.24, 2.45) is 0 Å². The van der Waals surface area contributed by atoms with Crippen molar-refractivity contribution in [2.75, 3.05) is 11.4 Å². The van der Waals surface area contributed by atoms with Crippen LogP contribution in [-0.4, -0.2) is 45.9 Å². The summed E-state index contributed by atoms with van der Waals surface area (Å²) in [7, 11) is 0. The second-order valence-corrected chi connectivity index (χ2v) is 11.8. The van der Waals surface area contributed by atoms with Crippen LogP contribution in [0.5, 0.6) is 0 Å². The summed E-state index contributed by atoms with van der Waals surface area (Å²) < 4.78 is 11.8. The van der Waals surface area contributed by atoms with Gasteiger partial charge in [0.1, 0.15) is 11.2 Å². The number of aromatic nitrogens is 2. The van der Waals surface area contributed by atoms with Gasteiger partial charge in [0, 0.05) is 11.9 Å². The summed E-state index contributed by atoms with van der Waals surface area (Å²) in [6, 6.07) is 3.24. The van der Waals surface area contributed by atoms with Crippen molar-refractivity contribution in [3.8, 4) is 0 Å². The zero-order chi connectivity index (χ0) is 24.8. The molecule has 10 heteroatoms. The molecule has 1 atom stereocenters.